The minimum atomic E-state index is -0.317. The number of aryl methyl sites for hydroxylation is 1. The third-order valence-electron chi connectivity index (χ3n) is 3.43. The van der Waals surface area contributed by atoms with Crippen molar-refractivity contribution in [2.45, 2.75) is 6.92 Å². The van der Waals surface area contributed by atoms with E-state index >= 15 is 0 Å². The smallest absolute Gasteiger partial charge is 0.271 e. The van der Waals surface area contributed by atoms with Crippen molar-refractivity contribution < 1.29 is 4.79 Å². The Bertz CT molecular complexity index is 958. The van der Waals surface area contributed by atoms with Crippen LogP contribution in [0.5, 0.6) is 0 Å². The van der Waals surface area contributed by atoms with Gasteiger partial charge in [0.05, 0.1) is 11.8 Å². The van der Waals surface area contributed by atoms with Crippen LogP contribution in [0.2, 0.25) is 0 Å². The third-order valence-corrected chi connectivity index (χ3v) is 3.43. The number of pyridine rings is 1. The molecule has 5 heteroatoms. The molecule has 0 bridgehead atoms. The Morgan fingerprint density at radius 1 is 1.13 bits per heavy atom. The zero-order valence-electron chi connectivity index (χ0n) is 12.5. The molecule has 23 heavy (non-hydrogen) atoms. The number of hydrogen-bond acceptors (Lipinski definition) is 3. The molecule has 2 N–H and O–H groups in total. The predicted octanol–water partition coefficient (Wildman–Crippen LogP) is 2.60. The summed E-state index contributed by atoms with van der Waals surface area (Å²) in [4.78, 5) is 26.7. The van der Waals surface area contributed by atoms with Gasteiger partial charge in [0, 0.05) is 11.1 Å². The fourth-order valence-corrected chi connectivity index (χ4v) is 2.27. The van der Waals surface area contributed by atoms with Gasteiger partial charge in [-0.15, -0.1) is 0 Å². The Kier molecular flexibility index (Phi) is 4.01. The molecule has 3 rings (SSSR count). The number of hydrogen-bond donors (Lipinski definition) is 2. The molecular weight excluding hydrogens is 290 g/mol. The highest BCUT2D eigenvalue weighted by Gasteiger charge is 2.04. The minimum absolute atomic E-state index is 0.253. The molecule has 2 aromatic carbocycles. The van der Waals surface area contributed by atoms with Crippen LogP contribution in [0.15, 0.2) is 64.5 Å². The van der Waals surface area contributed by atoms with E-state index in [2.05, 4.69) is 15.5 Å². The fraction of sp³-hybridized carbons (Fsp3) is 0.0556. The molecule has 1 amide bonds. The number of aromatic nitrogens is 1. The van der Waals surface area contributed by atoms with Gasteiger partial charge in [-0.3, -0.25) is 9.59 Å². The highest BCUT2D eigenvalue weighted by molar-refractivity contribution is 5.95. The summed E-state index contributed by atoms with van der Waals surface area (Å²) in [6.45, 7) is 1.91. The summed E-state index contributed by atoms with van der Waals surface area (Å²) < 4.78 is 0. The van der Waals surface area contributed by atoms with Crippen LogP contribution in [0.25, 0.3) is 10.9 Å². The first-order chi connectivity index (χ1) is 11.1. The van der Waals surface area contributed by atoms with Crippen molar-refractivity contribution in [1.82, 2.24) is 10.4 Å². The Labute approximate surface area is 132 Å². The monoisotopic (exact) mass is 305 g/mol. The summed E-state index contributed by atoms with van der Waals surface area (Å²) in [5, 5.41) is 4.77. The molecule has 0 unspecified atom stereocenters. The van der Waals surface area contributed by atoms with Gasteiger partial charge in [-0.1, -0.05) is 35.9 Å². The van der Waals surface area contributed by atoms with Gasteiger partial charge in [0.15, 0.2) is 0 Å². The van der Waals surface area contributed by atoms with E-state index in [0.29, 0.717) is 11.1 Å². The number of para-hydroxylation sites is 1. The summed E-state index contributed by atoms with van der Waals surface area (Å²) in [6.07, 6.45) is 1.35. The molecule has 114 valence electrons. The SMILES string of the molecule is Cc1cccc(C(=O)NN=Cc2cc3ccccc3[nH]c2=O)c1. The second-order valence-electron chi connectivity index (χ2n) is 5.21. The van der Waals surface area contributed by atoms with E-state index in [1.165, 1.54) is 6.21 Å². The van der Waals surface area contributed by atoms with E-state index in [4.69, 9.17) is 0 Å². The summed E-state index contributed by atoms with van der Waals surface area (Å²) in [7, 11) is 0. The van der Waals surface area contributed by atoms with Crippen LogP contribution in [0.4, 0.5) is 0 Å². The van der Waals surface area contributed by atoms with E-state index in [1.807, 2.05) is 43.3 Å². The van der Waals surface area contributed by atoms with Gasteiger partial charge in [0.2, 0.25) is 0 Å². The van der Waals surface area contributed by atoms with Crippen molar-refractivity contribution in [3.8, 4) is 0 Å². The number of rotatable bonds is 3. The largest absolute Gasteiger partial charge is 0.321 e. The number of nitrogens with one attached hydrogen (secondary N) is 2. The van der Waals surface area contributed by atoms with Crippen LogP contribution in [0.1, 0.15) is 21.5 Å². The summed E-state index contributed by atoms with van der Waals surface area (Å²) in [5.74, 6) is -0.317. The average Bonchev–Trinajstić information content (AvgIpc) is 2.55. The molecule has 0 radical (unpaired) electrons. The van der Waals surface area contributed by atoms with Crippen molar-refractivity contribution in [2.75, 3.05) is 0 Å². The number of benzene rings is 2. The van der Waals surface area contributed by atoms with Crippen LogP contribution in [-0.2, 0) is 0 Å². The number of carbonyl (C=O) groups is 1. The van der Waals surface area contributed by atoms with Crippen molar-refractivity contribution in [3.05, 3.63) is 81.6 Å². The summed E-state index contributed by atoms with van der Waals surface area (Å²) >= 11 is 0. The van der Waals surface area contributed by atoms with E-state index in [9.17, 15) is 9.59 Å². The standard InChI is InChI=1S/C18H15N3O2/c1-12-5-4-7-14(9-12)18(23)21-19-11-15-10-13-6-2-3-8-16(13)20-17(15)22/h2-11H,1H3,(H,20,22)(H,21,23). The van der Waals surface area contributed by atoms with Crippen molar-refractivity contribution in [1.29, 1.82) is 0 Å². The third kappa shape index (κ3) is 3.35. The lowest BCUT2D eigenvalue weighted by Crippen LogP contribution is -2.19. The van der Waals surface area contributed by atoms with Gasteiger partial charge in [-0.05, 0) is 36.6 Å². The normalized spacial score (nSPS) is 11.0. The molecule has 0 atom stereocenters. The fourth-order valence-electron chi connectivity index (χ4n) is 2.27. The molecular formula is C18H15N3O2. The number of H-pyrrole nitrogens is 1. The first kappa shape index (κ1) is 14.7. The average molecular weight is 305 g/mol. The van der Waals surface area contributed by atoms with Gasteiger partial charge < -0.3 is 4.98 Å². The molecule has 0 spiro atoms. The molecule has 3 aromatic rings. The molecule has 0 saturated heterocycles. The van der Waals surface area contributed by atoms with E-state index < -0.39 is 0 Å². The summed E-state index contributed by atoms with van der Waals surface area (Å²) in [5.41, 5.74) is 4.84. The summed E-state index contributed by atoms with van der Waals surface area (Å²) in [6, 6.07) is 16.4. The first-order valence-corrected chi connectivity index (χ1v) is 7.15. The Balaban J connectivity index is 1.79. The van der Waals surface area contributed by atoms with Gasteiger partial charge >= 0.3 is 0 Å². The number of aromatic amines is 1. The quantitative estimate of drug-likeness (QED) is 0.576. The second kappa shape index (κ2) is 6.27. The van der Waals surface area contributed by atoms with E-state index in [1.54, 1.807) is 18.2 Å². The molecule has 5 nitrogen and oxygen atoms in total. The lowest BCUT2D eigenvalue weighted by Gasteiger charge is -2.01. The number of hydrazone groups is 1. The Morgan fingerprint density at radius 2 is 1.96 bits per heavy atom. The van der Waals surface area contributed by atoms with Crippen LogP contribution >= 0.6 is 0 Å². The zero-order chi connectivity index (χ0) is 16.2. The van der Waals surface area contributed by atoms with Crippen LogP contribution in [-0.4, -0.2) is 17.1 Å². The highest BCUT2D eigenvalue weighted by Crippen LogP contribution is 2.09. The molecule has 0 saturated carbocycles. The molecule has 0 aliphatic heterocycles. The molecule has 0 aliphatic rings. The van der Waals surface area contributed by atoms with Gasteiger partial charge in [-0.25, -0.2) is 5.43 Å². The zero-order valence-corrected chi connectivity index (χ0v) is 12.5. The Morgan fingerprint density at radius 3 is 2.78 bits per heavy atom. The molecule has 0 aliphatic carbocycles. The minimum Gasteiger partial charge on any atom is -0.321 e. The number of amides is 1. The van der Waals surface area contributed by atoms with Crippen molar-refractivity contribution in [2.24, 2.45) is 5.10 Å². The maximum absolute atomic E-state index is 12.0. The van der Waals surface area contributed by atoms with Crippen LogP contribution < -0.4 is 11.0 Å². The maximum Gasteiger partial charge on any atom is 0.271 e. The van der Waals surface area contributed by atoms with E-state index in [0.717, 1.165) is 16.5 Å². The van der Waals surface area contributed by atoms with Gasteiger partial charge in [0.25, 0.3) is 11.5 Å². The molecule has 1 aromatic heterocycles. The lowest BCUT2D eigenvalue weighted by molar-refractivity contribution is 0.0955. The highest BCUT2D eigenvalue weighted by atomic mass is 16.2. The van der Waals surface area contributed by atoms with Crippen molar-refractivity contribution >= 4 is 23.0 Å². The van der Waals surface area contributed by atoms with Crippen LogP contribution in [0.3, 0.4) is 0 Å². The molecule has 1 heterocycles. The number of carbonyl (C=O) groups excluding carboxylic acids is 1. The predicted molar refractivity (Wildman–Crippen MR) is 90.8 cm³/mol. The van der Waals surface area contributed by atoms with Gasteiger partial charge in [-0.2, -0.15) is 5.10 Å². The first-order valence-electron chi connectivity index (χ1n) is 7.15. The maximum atomic E-state index is 12.0. The Hall–Kier alpha value is -3.21. The second-order valence-corrected chi connectivity index (χ2v) is 5.21. The van der Waals surface area contributed by atoms with Gasteiger partial charge in [0.1, 0.15) is 0 Å². The number of fused-ring (bicyclic) bond motifs is 1. The van der Waals surface area contributed by atoms with E-state index in [-0.39, 0.29) is 11.5 Å². The topological polar surface area (TPSA) is 74.3 Å². The number of nitrogens with zero attached hydrogens (tertiary/aromatic N) is 1. The molecule has 0 fully saturated rings. The van der Waals surface area contributed by atoms with Crippen molar-refractivity contribution in [3.63, 3.8) is 0 Å². The van der Waals surface area contributed by atoms with Crippen LogP contribution in [0, 0.1) is 6.92 Å². The lowest BCUT2D eigenvalue weighted by atomic mass is 10.1.